The van der Waals surface area contributed by atoms with Crippen LogP contribution in [0.4, 0.5) is 5.69 Å². The Morgan fingerprint density at radius 3 is 2.27 bits per heavy atom. The van der Waals surface area contributed by atoms with Gasteiger partial charge in [-0.1, -0.05) is 71.7 Å². The zero-order valence-electron chi connectivity index (χ0n) is 22.9. The van der Waals surface area contributed by atoms with Crippen molar-refractivity contribution in [2.45, 2.75) is 45.7 Å². The third kappa shape index (κ3) is 8.71. The number of likely N-dealkylation sites (N-methyl/N-ethyl adjacent to an activating group) is 1. The molecule has 0 bridgehead atoms. The van der Waals surface area contributed by atoms with E-state index in [2.05, 4.69) is 5.32 Å². The summed E-state index contributed by atoms with van der Waals surface area (Å²) in [5.74, 6) is -0.516. The van der Waals surface area contributed by atoms with Crippen molar-refractivity contribution in [1.82, 2.24) is 10.2 Å². The lowest BCUT2D eigenvalue weighted by Crippen LogP contribution is -2.50. The van der Waals surface area contributed by atoms with Crippen molar-refractivity contribution in [1.29, 1.82) is 0 Å². The standard InChI is InChI=1S/C30H35Cl2N3O4S/c1-4-33-30(37)28(20-23-11-6-5-7-12-23)34(21-24-13-8-14-25(31)19-24)29(36)17-10-18-35(40(3,38)39)27-16-9-15-26(32)22(27)2/h5-9,11-16,19,28H,4,10,17-18,20-21H2,1-3H3,(H,33,37)/t28-/m0/s1. The number of hydrogen-bond donors (Lipinski definition) is 1. The third-order valence-corrected chi connectivity index (χ3v) is 8.35. The SMILES string of the molecule is CCNC(=O)[C@H](Cc1ccccc1)N(Cc1cccc(Cl)c1)C(=O)CCCN(c1cccc(Cl)c1C)S(C)(=O)=O. The van der Waals surface area contributed by atoms with Gasteiger partial charge >= 0.3 is 0 Å². The number of halogens is 2. The predicted octanol–water partition coefficient (Wildman–Crippen LogP) is 5.62. The highest BCUT2D eigenvalue weighted by atomic mass is 35.5. The van der Waals surface area contributed by atoms with E-state index >= 15 is 0 Å². The highest BCUT2D eigenvalue weighted by Gasteiger charge is 2.30. The molecule has 0 aliphatic carbocycles. The molecule has 1 atom stereocenters. The van der Waals surface area contributed by atoms with E-state index < -0.39 is 16.1 Å². The van der Waals surface area contributed by atoms with Gasteiger partial charge in [0.15, 0.2) is 0 Å². The molecule has 0 saturated heterocycles. The zero-order valence-corrected chi connectivity index (χ0v) is 25.3. The maximum absolute atomic E-state index is 13.8. The molecular formula is C30H35Cl2N3O4S. The number of carbonyl (C=O) groups excluding carboxylic acids is 2. The highest BCUT2D eigenvalue weighted by molar-refractivity contribution is 7.92. The van der Waals surface area contributed by atoms with E-state index in [1.807, 2.05) is 43.3 Å². The molecule has 1 N–H and O–H groups in total. The number of rotatable bonds is 13. The van der Waals surface area contributed by atoms with Crippen LogP contribution in [0, 0.1) is 6.92 Å². The van der Waals surface area contributed by atoms with Gasteiger partial charge in [-0.2, -0.15) is 0 Å². The minimum Gasteiger partial charge on any atom is -0.355 e. The van der Waals surface area contributed by atoms with E-state index in [1.54, 1.807) is 48.2 Å². The van der Waals surface area contributed by atoms with Crippen LogP contribution < -0.4 is 9.62 Å². The molecule has 0 aliphatic rings. The quantitative estimate of drug-likeness (QED) is 0.274. The number of nitrogens with zero attached hydrogens (tertiary/aromatic N) is 2. The fraction of sp³-hybridized carbons (Fsp3) is 0.333. The molecule has 10 heteroatoms. The summed E-state index contributed by atoms with van der Waals surface area (Å²) in [6, 6.07) is 21.0. The van der Waals surface area contributed by atoms with Gasteiger partial charge in [-0.25, -0.2) is 8.42 Å². The molecule has 0 unspecified atom stereocenters. The fourth-order valence-electron chi connectivity index (χ4n) is 4.53. The minimum atomic E-state index is -3.64. The van der Waals surface area contributed by atoms with Gasteiger partial charge in [0.25, 0.3) is 0 Å². The summed E-state index contributed by atoms with van der Waals surface area (Å²) in [6.45, 7) is 4.27. The summed E-state index contributed by atoms with van der Waals surface area (Å²) in [5.41, 5.74) is 2.82. The monoisotopic (exact) mass is 603 g/mol. The number of nitrogens with one attached hydrogen (secondary N) is 1. The van der Waals surface area contributed by atoms with Crippen LogP contribution in [-0.4, -0.2) is 50.5 Å². The van der Waals surface area contributed by atoms with Gasteiger partial charge in [-0.3, -0.25) is 13.9 Å². The molecule has 0 aliphatic heterocycles. The highest BCUT2D eigenvalue weighted by Crippen LogP contribution is 2.28. The largest absolute Gasteiger partial charge is 0.355 e. The Morgan fingerprint density at radius 2 is 1.62 bits per heavy atom. The summed E-state index contributed by atoms with van der Waals surface area (Å²) in [6.07, 6.45) is 1.75. The third-order valence-electron chi connectivity index (χ3n) is 6.52. The van der Waals surface area contributed by atoms with Crippen molar-refractivity contribution in [3.63, 3.8) is 0 Å². The second-order valence-electron chi connectivity index (χ2n) is 9.57. The molecule has 0 aromatic heterocycles. The Hall–Kier alpha value is -3.07. The first-order chi connectivity index (χ1) is 19.0. The van der Waals surface area contributed by atoms with Crippen molar-refractivity contribution >= 4 is 50.7 Å². The molecule has 7 nitrogen and oxygen atoms in total. The lowest BCUT2D eigenvalue weighted by Gasteiger charge is -2.32. The fourth-order valence-corrected chi connectivity index (χ4v) is 5.92. The van der Waals surface area contributed by atoms with Crippen LogP contribution in [0.25, 0.3) is 0 Å². The summed E-state index contributed by atoms with van der Waals surface area (Å²) in [5, 5.41) is 3.86. The Balaban J connectivity index is 1.88. The van der Waals surface area contributed by atoms with Gasteiger partial charge in [-0.05, 0) is 61.2 Å². The molecular weight excluding hydrogens is 569 g/mol. The molecule has 3 rings (SSSR count). The maximum Gasteiger partial charge on any atom is 0.243 e. The summed E-state index contributed by atoms with van der Waals surface area (Å²) in [7, 11) is -3.64. The number of anilines is 1. The van der Waals surface area contributed by atoms with E-state index in [1.165, 1.54) is 4.31 Å². The van der Waals surface area contributed by atoms with Crippen molar-refractivity contribution in [2.24, 2.45) is 0 Å². The summed E-state index contributed by atoms with van der Waals surface area (Å²) >= 11 is 12.5. The van der Waals surface area contributed by atoms with Crippen molar-refractivity contribution in [3.8, 4) is 0 Å². The van der Waals surface area contributed by atoms with Crippen molar-refractivity contribution < 1.29 is 18.0 Å². The predicted molar refractivity (Wildman–Crippen MR) is 162 cm³/mol. The second-order valence-corrected chi connectivity index (χ2v) is 12.3. The molecule has 0 heterocycles. The molecule has 3 aromatic carbocycles. The number of carbonyl (C=O) groups is 2. The Labute approximate surface area is 247 Å². The normalized spacial score (nSPS) is 12.0. The Morgan fingerprint density at radius 1 is 0.950 bits per heavy atom. The van der Waals surface area contributed by atoms with Gasteiger partial charge in [0.1, 0.15) is 6.04 Å². The van der Waals surface area contributed by atoms with Crippen LogP contribution in [0.2, 0.25) is 10.0 Å². The first-order valence-corrected chi connectivity index (χ1v) is 15.7. The van der Waals surface area contributed by atoms with Crippen LogP contribution in [-0.2, 0) is 32.6 Å². The smallest absolute Gasteiger partial charge is 0.243 e. The molecule has 214 valence electrons. The summed E-state index contributed by atoms with van der Waals surface area (Å²) < 4.78 is 26.6. The number of benzene rings is 3. The Bertz CT molecular complexity index is 1420. The van der Waals surface area contributed by atoms with E-state index in [9.17, 15) is 18.0 Å². The van der Waals surface area contributed by atoms with Crippen molar-refractivity contribution in [3.05, 3.63) is 99.5 Å². The first kappa shape index (κ1) is 31.5. The lowest BCUT2D eigenvalue weighted by atomic mass is 10.0. The van der Waals surface area contributed by atoms with Gasteiger partial charge in [0.05, 0.1) is 11.9 Å². The van der Waals surface area contributed by atoms with Crippen LogP contribution >= 0.6 is 23.2 Å². The first-order valence-electron chi connectivity index (χ1n) is 13.1. The van der Waals surface area contributed by atoms with Crippen LogP contribution in [0.1, 0.15) is 36.5 Å². The van der Waals surface area contributed by atoms with E-state index in [-0.39, 0.29) is 37.7 Å². The molecule has 0 spiro atoms. The van der Waals surface area contributed by atoms with Gasteiger partial charge in [0.2, 0.25) is 21.8 Å². The molecule has 0 fully saturated rings. The van der Waals surface area contributed by atoms with Gasteiger partial charge in [-0.15, -0.1) is 0 Å². The zero-order chi connectivity index (χ0) is 29.3. The lowest BCUT2D eigenvalue weighted by molar-refractivity contribution is -0.141. The second kappa shape index (κ2) is 14.5. The van der Waals surface area contributed by atoms with Gasteiger partial charge < -0.3 is 10.2 Å². The minimum absolute atomic E-state index is 0.0386. The molecule has 2 amide bonds. The number of hydrogen-bond acceptors (Lipinski definition) is 4. The topological polar surface area (TPSA) is 86.8 Å². The van der Waals surface area contributed by atoms with E-state index in [0.29, 0.717) is 34.3 Å². The molecule has 0 radical (unpaired) electrons. The summed E-state index contributed by atoms with van der Waals surface area (Å²) in [4.78, 5) is 28.6. The number of sulfonamides is 1. The number of amides is 2. The molecule has 40 heavy (non-hydrogen) atoms. The molecule has 0 saturated carbocycles. The maximum atomic E-state index is 13.8. The average Bonchev–Trinajstić information content (AvgIpc) is 2.90. The van der Waals surface area contributed by atoms with E-state index in [0.717, 1.165) is 17.4 Å². The average molecular weight is 605 g/mol. The van der Waals surface area contributed by atoms with Gasteiger partial charge in [0, 0.05) is 42.5 Å². The van der Waals surface area contributed by atoms with E-state index in [4.69, 9.17) is 23.2 Å². The van der Waals surface area contributed by atoms with Crippen LogP contribution in [0.5, 0.6) is 0 Å². The van der Waals surface area contributed by atoms with Crippen molar-refractivity contribution in [2.75, 3.05) is 23.7 Å². The van der Waals surface area contributed by atoms with Crippen LogP contribution in [0.3, 0.4) is 0 Å². The molecule has 3 aromatic rings. The van der Waals surface area contributed by atoms with Crippen LogP contribution in [0.15, 0.2) is 72.8 Å². The Kier molecular flexibility index (Phi) is 11.4.